The van der Waals surface area contributed by atoms with Gasteiger partial charge in [0.15, 0.2) is 0 Å². The van der Waals surface area contributed by atoms with Crippen molar-refractivity contribution in [2.24, 2.45) is 0 Å². The Morgan fingerprint density at radius 3 is 2.50 bits per heavy atom. The lowest BCUT2D eigenvalue weighted by molar-refractivity contribution is -0.124. The average Bonchev–Trinajstić information content (AvgIpc) is 2.71. The zero-order chi connectivity index (χ0) is 14.1. The fourth-order valence-corrected chi connectivity index (χ4v) is 2.37. The second-order valence-electron chi connectivity index (χ2n) is 4.67. The largest absolute Gasteiger partial charge is 0.457 e. The molecule has 0 saturated carbocycles. The van der Waals surface area contributed by atoms with Crippen LogP contribution in [0, 0.1) is 0 Å². The normalized spacial score (nSPS) is 17.2. The Kier molecular flexibility index (Phi) is 3.16. The van der Waals surface area contributed by atoms with Gasteiger partial charge in [-0.25, -0.2) is 0 Å². The number of carbonyl (C=O) groups is 1. The molecule has 0 spiro atoms. The van der Waals surface area contributed by atoms with Gasteiger partial charge >= 0.3 is 0 Å². The molecule has 0 aliphatic carbocycles. The van der Waals surface area contributed by atoms with Crippen LogP contribution in [0.4, 0.5) is 5.69 Å². The number of hydrogen-bond acceptors (Lipinski definition) is 3. The maximum absolute atomic E-state index is 12.0. The van der Waals surface area contributed by atoms with Crippen molar-refractivity contribution in [2.75, 3.05) is 12.2 Å². The molecule has 0 radical (unpaired) electrons. The zero-order valence-electron chi connectivity index (χ0n) is 11.4. The summed E-state index contributed by atoms with van der Waals surface area (Å²) in [5, 5.41) is 1.32. The number of rotatable bonds is 3. The Hall–Kier alpha value is -2.33. The molecular weight excluding hydrogens is 254 g/mol. The van der Waals surface area contributed by atoms with Gasteiger partial charge in [-0.1, -0.05) is 24.3 Å². The van der Waals surface area contributed by atoms with E-state index >= 15 is 0 Å². The van der Waals surface area contributed by atoms with E-state index < -0.39 is 0 Å². The van der Waals surface area contributed by atoms with E-state index in [1.807, 2.05) is 55.5 Å². The van der Waals surface area contributed by atoms with Gasteiger partial charge in [0, 0.05) is 6.07 Å². The van der Waals surface area contributed by atoms with Gasteiger partial charge in [-0.3, -0.25) is 9.63 Å². The Morgan fingerprint density at radius 1 is 1.05 bits per heavy atom. The number of amides is 1. The predicted octanol–water partition coefficient (Wildman–Crippen LogP) is 3.49. The first-order valence-electron chi connectivity index (χ1n) is 6.45. The Bertz CT molecular complexity index is 639. The molecule has 0 fully saturated rings. The van der Waals surface area contributed by atoms with Crippen LogP contribution in [0.25, 0.3) is 0 Å². The quantitative estimate of drug-likeness (QED) is 0.856. The van der Waals surface area contributed by atoms with E-state index in [9.17, 15) is 4.79 Å². The van der Waals surface area contributed by atoms with Gasteiger partial charge < -0.3 is 4.74 Å². The molecule has 4 heteroatoms. The number of fused-ring (bicyclic) bond motifs is 1. The summed E-state index contributed by atoms with van der Waals surface area (Å²) in [5.41, 5.74) is 1.70. The van der Waals surface area contributed by atoms with Crippen LogP contribution < -0.4 is 9.80 Å². The lowest BCUT2D eigenvalue weighted by atomic mass is 10.0. The van der Waals surface area contributed by atoms with Gasteiger partial charge in [-0.15, -0.1) is 0 Å². The molecule has 1 unspecified atom stereocenters. The third-order valence-electron chi connectivity index (χ3n) is 3.42. The van der Waals surface area contributed by atoms with Crippen LogP contribution in [0.5, 0.6) is 11.5 Å². The summed E-state index contributed by atoms with van der Waals surface area (Å²) in [4.78, 5) is 17.2. The highest BCUT2D eigenvalue weighted by Gasteiger charge is 2.35. The summed E-state index contributed by atoms with van der Waals surface area (Å²) in [5.74, 6) is 1.20. The van der Waals surface area contributed by atoms with E-state index in [0.29, 0.717) is 5.75 Å². The van der Waals surface area contributed by atoms with Crippen LogP contribution in [-0.2, 0) is 9.63 Å². The molecule has 0 bridgehead atoms. The molecule has 1 aliphatic heterocycles. The van der Waals surface area contributed by atoms with Crippen molar-refractivity contribution in [3.05, 3.63) is 54.1 Å². The van der Waals surface area contributed by atoms with Crippen molar-refractivity contribution in [1.29, 1.82) is 0 Å². The minimum absolute atomic E-state index is 0.0561. The van der Waals surface area contributed by atoms with Gasteiger partial charge in [0.25, 0.3) is 5.91 Å². The van der Waals surface area contributed by atoms with Crippen molar-refractivity contribution in [2.45, 2.75) is 12.8 Å². The number of ether oxygens (including phenoxy) is 1. The number of nitrogens with zero attached hydrogens (tertiary/aromatic N) is 1. The van der Waals surface area contributed by atoms with Crippen LogP contribution in [0.15, 0.2) is 48.5 Å². The minimum atomic E-state index is -0.185. The summed E-state index contributed by atoms with van der Waals surface area (Å²) in [6.07, 6.45) is 0. The highest BCUT2D eigenvalue weighted by Crippen LogP contribution is 2.40. The van der Waals surface area contributed by atoms with Crippen molar-refractivity contribution >= 4 is 11.6 Å². The number of carbonyl (C=O) groups excluding carboxylic acids is 1. The molecule has 1 heterocycles. The van der Waals surface area contributed by atoms with E-state index in [0.717, 1.165) is 17.0 Å². The van der Waals surface area contributed by atoms with E-state index in [1.165, 1.54) is 12.2 Å². The second kappa shape index (κ2) is 4.98. The van der Waals surface area contributed by atoms with E-state index in [2.05, 4.69) is 0 Å². The summed E-state index contributed by atoms with van der Waals surface area (Å²) in [7, 11) is 1.49. The number of para-hydroxylation sites is 1. The summed E-state index contributed by atoms with van der Waals surface area (Å²) in [6.45, 7) is 1.87. The number of benzene rings is 2. The molecule has 0 aromatic heterocycles. The van der Waals surface area contributed by atoms with Gasteiger partial charge in [-0.05, 0) is 30.7 Å². The van der Waals surface area contributed by atoms with Crippen LogP contribution in [0.1, 0.15) is 18.4 Å². The third kappa shape index (κ3) is 2.04. The van der Waals surface area contributed by atoms with Gasteiger partial charge in [0.05, 0.1) is 18.7 Å². The monoisotopic (exact) mass is 269 g/mol. The lowest BCUT2D eigenvalue weighted by Crippen LogP contribution is -2.26. The molecule has 1 amide bonds. The highest BCUT2D eigenvalue weighted by molar-refractivity contribution is 6.03. The van der Waals surface area contributed by atoms with Crippen molar-refractivity contribution in [1.82, 2.24) is 0 Å². The minimum Gasteiger partial charge on any atom is -0.457 e. The predicted molar refractivity (Wildman–Crippen MR) is 75.9 cm³/mol. The number of hydrogen-bond donors (Lipinski definition) is 0. The van der Waals surface area contributed by atoms with Crippen LogP contribution in [0.3, 0.4) is 0 Å². The van der Waals surface area contributed by atoms with Crippen LogP contribution >= 0.6 is 0 Å². The van der Waals surface area contributed by atoms with Crippen LogP contribution in [0.2, 0.25) is 0 Å². The Labute approximate surface area is 117 Å². The molecule has 1 atom stereocenters. The molecule has 0 N–H and O–H groups in total. The number of anilines is 1. The molecule has 2 aromatic carbocycles. The van der Waals surface area contributed by atoms with Crippen molar-refractivity contribution < 1.29 is 14.4 Å². The molecule has 102 valence electrons. The van der Waals surface area contributed by atoms with Crippen LogP contribution in [-0.4, -0.2) is 13.0 Å². The zero-order valence-corrected chi connectivity index (χ0v) is 11.4. The fourth-order valence-electron chi connectivity index (χ4n) is 2.37. The lowest BCUT2D eigenvalue weighted by Gasteiger charge is -2.14. The molecule has 20 heavy (non-hydrogen) atoms. The first kappa shape index (κ1) is 12.7. The number of hydroxylamine groups is 1. The van der Waals surface area contributed by atoms with Gasteiger partial charge in [0.1, 0.15) is 11.5 Å². The van der Waals surface area contributed by atoms with Crippen molar-refractivity contribution in [3.8, 4) is 11.5 Å². The van der Waals surface area contributed by atoms with Gasteiger partial charge in [0.2, 0.25) is 0 Å². The fraction of sp³-hybridized carbons (Fsp3) is 0.188. The maximum atomic E-state index is 12.0. The highest BCUT2D eigenvalue weighted by atomic mass is 16.7. The first-order valence-corrected chi connectivity index (χ1v) is 6.45. The SMILES string of the molecule is CON1C(=O)C(C)c2ccc(Oc3ccccc3)cc21. The molecule has 4 nitrogen and oxygen atoms in total. The molecular formula is C16H15NO3. The molecule has 2 aromatic rings. The van der Waals surface area contributed by atoms with E-state index in [-0.39, 0.29) is 11.8 Å². The standard InChI is InChI=1S/C16H15NO3/c1-11-14-9-8-13(20-12-6-4-3-5-7-12)10-15(14)17(19-2)16(11)18/h3-11H,1-2H3. The summed E-state index contributed by atoms with van der Waals surface area (Å²) >= 11 is 0. The maximum Gasteiger partial charge on any atom is 0.258 e. The van der Waals surface area contributed by atoms with Gasteiger partial charge in [-0.2, -0.15) is 5.06 Å². The van der Waals surface area contributed by atoms with E-state index in [4.69, 9.17) is 9.57 Å². The topological polar surface area (TPSA) is 38.8 Å². The smallest absolute Gasteiger partial charge is 0.258 e. The second-order valence-corrected chi connectivity index (χ2v) is 4.67. The molecule has 1 aliphatic rings. The average molecular weight is 269 g/mol. The first-order chi connectivity index (χ1) is 9.70. The van der Waals surface area contributed by atoms with E-state index in [1.54, 1.807) is 0 Å². The molecule has 3 rings (SSSR count). The van der Waals surface area contributed by atoms with Crippen molar-refractivity contribution in [3.63, 3.8) is 0 Å². The Morgan fingerprint density at radius 2 is 1.80 bits per heavy atom. The third-order valence-corrected chi connectivity index (χ3v) is 3.42. The Balaban J connectivity index is 1.94. The summed E-state index contributed by atoms with van der Waals surface area (Å²) < 4.78 is 5.77. The molecule has 0 saturated heterocycles. The summed E-state index contributed by atoms with van der Waals surface area (Å²) in [6, 6.07) is 15.1.